The second-order valence-corrected chi connectivity index (χ2v) is 7.88. The van der Waals surface area contributed by atoms with Crippen molar-refractivity contribution in [3.63, 3.8) is 0 Å². The van der Waals surface area contributed by atoms with Crippen LogP contribution in [-0.4, -0.2) is 31.5 Å². The monoisotopic (exact) mass is 463 g/mol. The van der Waals surface area contributed by atoms with Gasteiger partial charge in [-0.1, -0.05) is 39.8 Å². The van der Waals surface area contributed by atoms with Crippen molar-refractivity contribution < 1.29 is 14.8 Å². The number of nitro benzene ring substituents is 1. The van der Waals surface area contributed by atoms with Gasteiger partial charge in [0.2, 0.25) is 0 Å². The van der Waals surface area contributed by atoms with Crippen LogP contribution < -0.4 is 0 Å². The number of nitrogens with zero attached hydrogens (tertiary/aromatic N) is 3. The highest BCUT2D eigenvalue weighted by Gasteiger charge is 2.32. The Kier molecular flexibility index (Phi) is 5.68. The molecule has 136 valence electrons. The number of carbonyl (C=O) groups excluding carboxylic acids is 1. The summed E-state index contributed by atoms with van der Waals surface area (Å²) < 4.78 is 1.10. The van der Waals surface area contributed by atoms with Gasteiger partial charge in [0.1, 0.15) is 5.75 Å². The minimum atomic E-state index is -0.586. The number of benzene rings is 2. The molecule has 1 fully saturated rings. The van der Waals surface area contributed by atoms with E-state index in [9.17, 15) is 20.0 Å². The summed E-state index contributed by atoms with van der Waals surface area (Å²) in [6.45, 7) is 0. The van der Waals surface area contributed by atoms with E-state index in [1.54, 1.807) is 6.08 Å². The lowest BCUT2D eigenvalue weighted by Crippen LogP contribution is -2.22. The second-order valence-electron chi connectivity index (χ2n) is 5.29. The first-order chi connectivity index (χ1) is 12.8. The molecule has 1 saturated heterocycles. The van der Waals surface area contributed by atoms with Gasteiger partial charge in [-0.2, -0.15) is 10.1 Å². The molecule has 0 aromatic heterocycles. The number of hydrogen-bond donors (Lipinski definition) is 1. The Hall–Kier alpha value is -2.56. The SMILES string of the molecule is O=C1C(=Cc2cccc(Br)c2)SC(=S)N1/N=C/c1cc([N+](=O)[O-])ccc1O. The van der Waals surface area contributed by atoms with Gasteiger partial charge >= 0.3 is 0 Å². The Labute approximate surface area is 171 Å². The lowest BCUT2D eigenvalue weighted by atomic mass is 10.2. The van der Waals surface area contributed by atoms with Crippen molar-refractivity contribution in [2.24, 2.45) is 5.10 Å². The number of halogens is 1. The Morgan fingerprint density at radius 2 is 2.07 bits per heavy atom. The van der Waals surface area contributed by atoms with Gasteiger partial charge in [0.25, 0.3) is 11.6 Å². The molecule has 0 spiro atoms. The normalized spacial score (nSPS) is 15.9. The molecule has 7 nitrogen and oxygen atoms in total. The van der Waals surface area contributed by atoms with Gasteiger partial charge in [0, 0.05) is 22.2 Å². The first-order valence-corrected chi connectivity index (χ1v) is 9.42. The molecule has 0 saturated carbocycles. The summed E-state index contributed by atoms with van der Waals surface area (Å²) in [5, 5.41) is 25.7. The highest BCUT2D eigenvalue weighted by Crippen LogP contribution is 2.33. The lowest BCUT2D eigenvalue weighted by Gasteiger charge is -2.06. The molecule has 0 atom stereocenters. The number of hydrazone groups is 1. The number of amides is 1. The largest absolute Gasteiger partial charge is 0.507 e. The molecular formula is C17H10BrN3O4S2. The van der Waals surface area contributed by atoms with Crippen LogP contribution in [0.3, 0.4) is 0 Å². The van der Waals surface area contributed by atoms with Crippen molar-refractivity contribution in [2.45, 2.75) is 0 Å². The number of phenols is 1. The lowest BCUT2D eigenvalue weighted by molar-refractivity contribution is -0.384. The minimum absolute atomic E-state index is 0.106. The predicted molar refractivity (Wildman–Crippen MR) is 112 cm³/mol. The van der Waals surface area contributed by atoms with E-state index < -0.39 is 10.8 Å². The quantitative estimate of drug-likeness (QED) is 0.238. The summed E-state index contributed by atoms with van der Waals surface area (Å²) in [4.78, 5) is 23.2. The summed E-state index contributed by atoms with van der Waals surface area (Å²) in [6, 6.07) is 11.0. The van der Waals surface area contributed by atoms with E-state index in [0.717, 1.165) is 39.1 Å². The number of rotatable bonds is 4. The third-order valence-corrected chi connectivity index (χ3v) is 5.23. The molecule has 10 heteroatoms. The van der Waals surface area contributed by atoms with Crippen molar-refractivity contribution in [1.29, 1.82) is 0 Å². The number of aromatic hydroxyl groups is 1. The number of non-ortho nitro benzene ring substituents is 1. The Balaban J connectivity index is 1.85. The van der Waals surface area contributed by atoms with Crippen LogP contribution in [0.25, 0.3) is 6.08 Å². The Bertz CT molecular complexity index is 1020. The minimum Gasteiger partial charge on any atom is -0.507 e. The summed E-state index contributed by atoms with van der Waals surface area (Å²) >= 11 is 9.66. The van der Waals surface area contributed by atoms with Crippen LogP contribution in [-0.2, 0) is 4.79 Å². The van der Waals surface area contributed by atoms with Crippen LogP contribution >= 0.6 is 39.9 Å². The number of thioether (sulfide) groups is 1. The zero-order valence-electron chi connectivity index (χ0n) is 13.4. The van der Waals surface area contributed by atoms with Gasteiger partial charge in [-0.15, -0.1) is 0 Å². The molecule has 0 unspecified atom stereocenters. The highest BCUT2D eigenvalue weighted by molar-refractivity contribution is 9.10. The van der Waals surface area contributed by atoms with Crippen LogP contribution in [0.2, 0.25) is 0 Å². The molecule has 3 rings (SSSR count). The van der Waals surface area contributed by atoms with Gasteiger partial charge < -0.3 is 5.11 Å². The summed E-state index contributed by atoms with van der Waals surface area (Å²) in [5.41, 5.74) is 0.730. The number of thiocarbonyl (C=S) groups is 1. The third kappa shape index (κ3) is 4.41. The molecule has 1 heterocycles. The average Bonchev–Trinajstić information content (AvgIpc) is 2.87. The molecule has 1 aliphatic rings. The zero-order valence-corrected chi connectivity index (χ0v) is 16.6. The highest BCUT2D eigenvalue weighted by atomic mass is 79.9. The maximum absolute atomic E-state index is 12.5. The smallest absolute Gasteiger partial charge is 0.286 e. The summed E-state index contributed by atoms with van der Waals surface area (Å²) in [7, 11) is 0. The van der Waals surface area contributed by atoms with Crippen molar-refractivity contribution in [3.8, 4) is 5.75 Å². The average molecular weight is 464 g/mol. The molecule has 1 amide bonds. The van der Waals surface area contributed by atoms with E-state index in [-0.39, 0.29) is 21.3 Å². The standard InChI is InChI=1S/C17H10BrN3O4S2/c18-12-3-1-2-10(6-12)7-15-16(23)20(17(26)27-15)19-9-11-8-13(21(24)25)4-5-14(11)22/h1-9,22H/b15-7?,19-9+. The Morgan fingerprint density at radius 3 is 2.78 bits per heavy atom. The van der Waals surface area contributed by atoms with Gasteiger partial charge in [-0.05, 0) is 42.1 Å². The number of hydrogen-bond acceptors (Lipinski definition) is 7. The van der Waals surface area contributed by atoms with Gasteiger partial charge in [-0.3, -0.25) is 14.9 Å². The van der Waals surface area contributed by atoms with E-state index in [1.165, 1.54) is 12.1 Å². The van der Waals surface area contributed by atoms with Crippen LogP contribution in [0.15, 0.2) is 56.9 Å². The van der Waals surface area contributed by atoms with E-state index in [2.05, 4.69) is 21.0 Å². The molecular weight excluding hydrogens is 454 g/mol. The zero-order chi connectivity index (χ0) is 19.6. The third-order valence-electron chi connectivity index (χ3n) is 3.45. The first kappa shape index (κ1) is 19.2. The second kappa shape index (κ2) is 7.99. The van der Waals surface area contributed by atoms with E-state index in [0.29, 0.717) is 4.91 Å². The Morgan fingerprint density at radius 1 is 1.30 bits per heavy atom. The topological polar surface area (TPSA) is 96.0 Å². The molecule has 1 aliphatic heterocycles. The van der Waals surface area contributed by atoms with Crippen molar-refractivity contribution in [2.75, 3.05) is 0 Å². The van der Waals surface area contributed by atoms with Gasteiger partial charge in [0.15, 0.2) is 4.32 Å². The number of phenolic OH excluding ortho intramolecular Hbond substituents is 1. The van der Waals surface area contributed by atoms with Crippen LogP contribution in [0.4, 0.5) is 5.69 Å². The molecule has 2 aromatic rings. The maximum atomic E-state index is 12.5. The van der Waals surface area contributed by atoms with Crippen LogP contribution in [0, 0.1) is 10.1 Å². The fourth-order valence-corrected chi connectivity index (χ4v) is 3.78. The van der Waals surface area contributed by atoms with Crippen molar-refractivity contribution >= 4 is 68.1 Å². The van der Waals surface area contributed by atoms with Crippen molar-refractivity contribution in [1.82, 2.24) is 5.01 Å². The van der Waals surface area contributed by atoms with E-state index >= 15 is 0 Å². The molecule has 1 N–H and O–H groups in total. The number of carbonyl (C=O) groups is 1. The number of nitro groups is 1. The van der Waals surface area contributed by atoms with E-state index in [4.69, 9.17) is 12.2 Å². The molecule has 0 radical (unpaired) electrons. The van der Waals surface area contributed by atoms with Gasteiger partial charge in [0.05, 0.1) is 16.0 Å². The van der Waals surface area contributed by atoms with Crippen LogP contribution in [0.5, 0.6) is 5.75 Å². The molecule has 2 aromatic carbocycles. The fourth-order valence-electron chi connectivity index (χ4n) is 2.19. The van der Waals surface area contributed by atoms with Crippen LogP contribution in [0.1, 0.15) is 11.1 Å². The fraction of sp³-hybridized carbons (Fsp3) is 0. The van der Waals surface area contributed by atoms with Crippen molar-refractivity contribution in [3.05, 3.63) is 73.1 Å². The molecule has 27 heavy (non-hydrogen) atoms. The first-order valence-electron chi connectivity index (χ1n) is 7.40. The maximum Gasteiger partial charge on any atom is 0.286 e. The van der Waals surface area contributed by atoms with E-state index in [1.807, 2.05) is 24.3 Å². The summed E-state index contributed by atoms with van der Waals surface area (Å²) in [6.07, 6.45) is 2.86. The molecule has 0 bridgehead atoms. The summed E-state index contributed by atoms with van der Waals surface area (Å²) in [5.74, 6) is -0.606. The molecule has 0 aliphatic carbocycles. The van der Waals surface area contributed by atoms with Gasteiger partial charge in [-0.25, -0.2) is 0 Å². The predicted octanol–water partition coefficient (Wildman–Crippen LogP) is 4.30.